The molecule has 3 aromatic rings. The fraction of sp³-hybridized carbons (Fsp3) is 0.500. The zero-order valence-corrected chi connectivity index (χ0v) is 26.9. The normalized spacial score (nSPS) is 18.7. The third-order valence-electron chi connectivity index (χ3n) is 8.69. The van der Waals surface area contributed by atoms with Crippen molar-refractivity contribution in [2.75, 3.05) is 0 Å². The summed E-state index contributed by atoms with van der Waals surface area (Å²) >= 11 is 0. The van der Waals surface area contributed by atoms with Gasteiger partial charge in [-0.1, -0.05) is 119 Å². The molecule has 2 aliphatic carbocycles. The summed E-state index contributed by atoms with van der Waals surface area (Å²) in [5, 5.41) is 1.43. The van der Waals surface area contributed by atoms with Gasteiger partial charge in [-0.15, -0.1) is 0 Å². The number of benzene rings is 3. The molecule has 2 saturated carbocycles. The van der Waals surface area contributed by atoms with Gasteiger partial charge < -0.3 is 4.74 Å². The van der Waals surface area contributed by atoms with Crippen LogP contribution in [0.25, 0.3) is 0 Å². The lowest BCUT2D eigenvalue weighted by Gasteiger charge is -2.41. The lowest BCUT2D eigenvalue weighted by molar-refractivity contribution is 0.308. The number of ether oxygens (including phenoxy) is 1. The number of nitrogens with one attached hydrogen (secondary N) is 1. The first-order valence-corrected chi connectivity index (χ1v) is 18.4. The van der Waals surface area contributed by atoms with Crippen molar-refractivity contribution in [2.45, 2.75) is 114 Å². The summed E-state index contributed by atoms with van der Waals surface area (Å²) in [5.74, 6) is 1.04. The molecule has 0 heterocycles. The van der Waals surface area contributed by atoms with E-state index in [1.54, 1.807) is 0 Å². The Labute approximate surface area is 252 Å². The van der Waals surface area contributed by atoms with Gasteiger partial charge in [0, 0.05) is 5.30 Å². The summed E-state index contributed by atoms with van der Waals surface area (Å²) in [4.78, 5) is 0. The van der Waals surface area contributed by atoms with Gasteiger partial charge in [-0.25, -0.2) is 8.93 Å². The molecular weight excluding hydrogens is 541 g/mol. The Morgan fingerprint density at radius 1 is 0.780 bits per heavy atom. The standard InChI is InChI=1S/C36H48NO2PS/c1-36(2,3)41(38)37-34(29-19-10-5-11-20-29)32-25-16-26-33(39-27-28-17-8-4-9-18-28)35(32)40(30-21-12-6-13-22-30)31-23-14-7-15-24-31/h4-5,8-11,16-20,25-26,30-31,34,37H,6-7,12-15,21-24,27H2,1-3H3/t34?,41-/m1/s1. The molecule has 0 bridgehead atoms. The molecule has 2 atom stereocenters. The van der Waals surface area contributed by atoms with E-state index in [0.717, 1.165) is 22.6 Å². The molecule has 0 aromatic heterocycles. The van der Waals surface area contributed by atoms with Crippen LogP contribution in [0.1, 0.15) is 108 Å². The zero-order chi connectivity index (χ0) is 28.7. The quantitative estimate of drug-likeness (QED) is 0.240. The zero-order valence-electron chi connectivity index (χ0n) is 25.2. The van der Waals surface area contributed by atoms with E-state index in [0.29, 0.717) is 6.61 Å². The van der Waals surface area contributed by atoms with Crippen LogP contribution < -0.4 is 14.8 Å². The minimum absolute atomic E-state index is 0.163. The smallest absolute Gasteiger partial charge is 0.127 e. The van der Waals surface area contributed by atoms with Crippen LogP contribution in [0.2, 0.25) is 0 Å². The maximum Gasteiger partial charge on any atom is 0.127 e. The molecule has 220 valence electrons. The molecule has 3 nitrogen and oxygen atoms in total. The Hall–Kier alpha value is -2.00. The van der Waals surface area contributed by atoms with Crippen molar-refractivity contribution in [3.05, 3.63) is 95.6 Å². The first-order chi connectivity index (χ1) is 19.9. The maximum atomic E-state index is 13.7. The van der Waals surface area contributed by atoms with Gasteiger partial charge in [0.15, 0.2) is 0 Å². The Balaban J connectivity index is 1.65. The molecule has 1 unspecified atom stereocenters. The van der Waals surface area contributed by atoms with E-state index in [1.807, 2.05) is 0 Å². The van der Waals surface area contributed by atoms with Crippen molar-refractivity contribution in [1.82, 2.24) is 4.72 Å². The van der Waals surface area contributed by atoms with Gasteiger partial charge in [-0.2, -0.15) is 0 Å². The minimum Gasteiger partial charge on any atom is -0.488 e. The van der Waals surface area contributed by atoms with Crippen LogP contribution in [-0.4, -0.2) is 20.3 Å². The second-order valence-electron chi connectivity index (χ2n) is 12.8. The van der Waals surface area contributed by atoms with E-state index in [-0.39, 0.29) is 10.8 Å². The fourth-order valence-corrected chi connectivity index (χ4v) is 11.4. The summed E-state index contributed by atoms with van der Waals surface area (Å²) in [6.07, 6.45) is 13.4. The van der Waals surface area contributed by atoms with Crippen LogP contribution in [0.15, 0.2) is 78.9 Å². The lowest BCUT2D eigenvalue weighted by Crippen LogP contribution is -2.38. The van der Waals surface area contributed by atoms with Crippen LogP contribution in [0.3, 0.4) is 0 Å². The Bertz CT molecular complexity index is 1230. The first kappa shape index (κ1) is 30.5. The highest BCUT2D eigenvalue weighted by Crippen LogP contribution is 2.57. The van der Waals surface area contributed by atoms with Crippen molar-refractivity contribution in [3.63, 3.8) is 0 Å². The van der Waals surface area contributed by atoms with Gasteiger partial charge in [-0.3, -0.25) is 0 Å². The number of hydrogen-bond acceptors (Lipinski definition) is 2. The molecule has 2 aliphatic rings. The molecule has 41 heavy (non-hydrogen) atoms. The van der Waals surface area contributed by atoms with Gasteiger partial charge in [0.25, 0.3) is 0 Å². The molecule has 0 spiro atoms. The molecule has 2 fully saturated rings. The predicted octanol–water partition coefficient (Wildman–Crippen LogP) is 9.18. The topological polar surface area (TPSA) is 38.3 Å². The van der Waals surface area contributed by atoms with Crippen LogP contribution in [0.5, 0.6) is 5.75 Å². The second-order valence-corrected chi connectivity index (χ2v) is 17.5. The molecule has 5 heteroatoms. The van der Waals surface area contributed by atoms with Crippen LogP contribution in [0.4, 0.5) is 0 Å². The molecule has 3 aromatic carbocycles. The Morgan fingerprint density at radius 2 is 1.34 bits per heavy atom. The third kappa shape index (κ3) is 7.89. The van der Waals surface area contributed by atoms with E-state index in [4.69, 9.17) is 4.74 Å². The summed E-state index contributed by atoms with van der Waals surface area (Å²) in [6.45, 7) is 6.72. The minimum atomic E-state index is -1.22. The SMILES string of the molecule is CC(C)(C)[S@@](=O)NC(c1ccccc1)c1cccc(OCc2ccccc2)c1P(C1CCCCC1)C1CCCCC1. The summed E-state index contributed by atoms with van der Waals surface area (Å²) in [7, 11) is -1.68. The Morgan fingerprint density at radius 3 is 1.90 bits per heavy atom. The van der Waals surface area contributed by atoms with Gasteiger partial charge >= 0.3 is 0 Å². The molecule has 0 saturated heterocycles. The highest BCUT2D eigenvalue weighted by Gasteiger charge is 2.37. The van der Waals surface area contributed by atoms with Gasteiger partial charge in [-0.05, 0) is 80.5 Å². The largest absolute Gasteiger partial charge is 0.488 e. The van der Waals surface area contributed by atoms with Crippen molar-refractivity contribution >= 4 is 24.2 Å². The fourth-order valence-electron chi connectivity index (χ4n) is 6.52. The van der Waals surface area contributed by atoms with Gasteiger partial charge in [0.05, 0.1) is 21.8 Å². The predicted molar refractivity (Wildman–Crippen MR) is 177 cm³/mol. The summed E-state index contributed by atoms with van der Waals surface area (Å²) < 4.78 is 23.7. The number of hydrogen-bond donors (Lipinski definition) is 1. The third-order valence-corrected chi connectivity index (χ3v) is 13.9. The van der Waals surface area contributed by atoms with Crippen LogP contribution >= 0.6 is 7.92 Å². The van der Waals surface area contributed by atoms with Crippen LogP contribution in [0, 0.1) is 0 Å². The second kappa shape index (κ2) is 14.5. The Kier molecular flexibility index (Phi) is 10.7. The van der Waals surface area contributed by atoms with Crippen molar-refractivity contribution in [2.24, 2.45) is 0 Å². The maximum absolute atomic E-state index is 13.7. The van der Waals surface area contributed by atoms with Crippen molar-refractivity contribution in [1.29, 1.82) is 0 Å². The first-order valence-electron chi connectivity index (χ1n) is 15.7. The van der Waals surface area contributed by atoms with E-state index < -0.39 is 18.9 Å². The average molecular weight is 590 g/mol. The number of rotatable bonds is 10. The van der Waals surface area contributed by atoms with Gasteiger partial charge in [0.2, 0.25) is 0 Å². The molecule has 5 rings (SSSR count). The van der Waals surface area contributed by atoms with E-state index >= 15 is 0 Å². The molecular formula is C36H48NO2PS. The van der Waals surface area contributed by atoms with Crippen molar-refractivity contribution < 1.29 is 8.95 Å². The highest BCUT2D eigenvalue weighted by atomic mass is 32.2. The van der Waals surface area contributed by atoms with E-state index in [1.165, 1.54) is 80.6 Å². The molecule has 0 radical (unpaired) electrons. The molecule has 0 amide bonds. The monoisotopic (exact) mass is 589 g/mol. The van der Waals surface area contributed by atoms with Crippen LogP contribution in [-0.2, 0) is 17.6 Å². The van der Waals surface area contributed by atoms with Gasteiger partial charge in [0.1, 0.15) is 12.4 Å². The van der Waals surface area contributed by atoms with E-state index in [9.17, 15) is 4.21 Å². The summed E-state index contributed by atoms with van der Waals surface area (Å²) in [5.41, 5.74) is 5.07. The highest BCUT2D eigenvalue weighted by molar-refractivity contribution is 7.84. The summed E-state index contributed by atoms with van der Waals surface area (Å²) in [6, 6.07) is 27.7. The van der Waals surface area contributed by atoms with Crippen molar-refractivity contribution in [3.8, 4) is 5.75 Å². The lowest BCUT2D eigenvalue weighted by atomic mass is 9.99. The average Bonchev–Trinajstić information content (AvgIpc) is 3.01. The molecule has 0 aliphatic heterocycles. The molecule has 1 N–H and O–H groups in total. The van der Waals surface area contributed by atoms with E-state index in [2.05, 4.69) is 104 Å².